The lowest BCUT2D eigenvalue weighted by Gasteiger charge is -2.25. The van der Waals surface area contributed by atoms with E-state index in [0.29, 0.717) is 23.8 Å². The Labute approximate surface area is 123 Å². The maximum Gasteiger partial charge on any atom is 0.326 e. The van der Waals surface area contributed by atoms with E-state index < -0.39 is 12.0 Å². The smallest absolute Gasteiger partial charge is 0.326 e. The van der Waals surface area contributed by atoms with E-state index in [1.807, 2.05) is 6.07 Å². The summed E-state index contributed by atoms with van der Waals surface area (Å²) in [6, 6.07) is 1.26. The minimum Gasteiger partial charge on any atom is -0.480 e. The number of carboxylic acid groups (broad SMARTS) is 1. The van der Waals surface area contributed by atoms with Crippen LogP contribution in [0, 0.1) is 5.92 Å². The standard InChI is InChI=1S/C15H20N4O2/c20-15(21)12(8-10-4-2-1-3-5-10)19-14-11-6-7-16-13(11)17-9-18-14/h6-7,9-10,12H,1-5,8H2,(H,20,21)(H2,16,17,18,19)/t12-/m1/s1. The molecule has 0 bridgehead atoms. The quantitative estimate of drug-likeness (QED) is 0.787. The monoisotopic (exact) mass is 288 g/mol. The lowest BCUT2D eigenvalue weighted by Crippen LogP contribution is -2.32. The fraction of sp³-hybridized carbons (Fsp3) is 0.533. The second-order valence-corrected chi connectivity index (χ2v) is 5.74. The highest BCUT2D eigenvalue weighted by molar-refractivity contribution is 5.89. The fourth-order valence-electron chi connectivity index (χ4n) is 3.13. The van der Waals surface area contributed by atoms with Crippen LogP contribution in [0.2, 0.25) is 0 Å². The van der Waals surface area contributed by atoms with Gasteiger partial charge in [0, 0.05) is 6.20 Å². The number of fused-ring (bicyclic) bond motifs is 1. The lowest BCUT2D eigenvalue weighted by atomic mass is 9.85. The van der Waals surface area contributed by atoms with Crippen LogP contribution in [0.15, 0.2) is 18.6 Å². The molecule has 0 aliphatic heterocycles. The molecule has 21 heavy (non-hydrogen) atoms. The molecule has 0 radical (unpaired) electrons. The number of carbonyl (C=O) groups is 1. The van der Waals surface area contributed by atoms with Crippen molar-refractivity contribution in [3.05, 3.63) is 18.6 Å². The van der Waals surface area contributed by atoms with Crippen LogP contribution in [-0.4, -0.2) is 32.1 Å². The number of nitrogens with one attached hydrogen (secondary N) is 2. The zero-order valence-corrected chi connectivity index (χ0v) is 11.9. The Balaban J connectivity index is 1.75. The van der Waals surface area contributed by atoms with Gasteiger partial charge in [-0.1, -0.05) is 32.1 Å². The Bertz CT molecular complexity index is 619. The van der Waals surface area contributed by atoms with Gasteiger partial charge in [0.2, 0.25) is 0 Å². The van der Waals surface area contributed by atoms with Gasteiger partial charge in [-0.2, -0.15) is 0 Å². The van der Waals surface area contributed by atoms with E-state index in [-0.39, 0.29) is 0 Å². The molecule has 2 heterocycles. The molecule has 1 aliphatic carbocycles. The summed E-state index contributed by atoms with van der Waals surface area (Å²) < 4.78 is 0. The number of aromatic amines is 1. The van der Waals surface area contributed by atoms with Gasteiger partial charge in [-0.25, -0.2) is 14.8 Å². The van der Waals surface area contributed by atoms with Crippen LogP contribution < -0.4 is 5.32 Å². The van der Waals surface area contributed by atoms with Crippen molar-refractivity contribution in [1.82, 2.24) is 15.0 Å². The van der Waals surface area contributed by atoms with Crippen LogP contribution in [0.3, 0.4) is 0 Å². The van der Waals surface area contributed by atoms with Gasteiger partial charge in [0.25, 0.3) is 0 Å². The minimum atomic E-state index is -0.817. The highest BCUT2D eigenvalue weighted by Gasteiger charge is 2.24. The third kappa shape index (κ3) is 3.15. The van der Waals surface area contributed by atoms with Crippen molar-refractivity contribution in [3.8, 4) is 0 Å². The Morgan fingerprint density at radius 2 is 2.19 bits per heavy atom. The van der Waals surface area contributed by atoms with Crippen LogP contribution >= 0.6 is 0 Å². The normalized spacial score (nSPS) is 17.7. The molecule has 2 aromatic rings. The number of anilines is 1. The number of H-pyrrole nitrogens is 1. The Kier molecular flexibility index (Phi) is 4.03. The summed E-state index contributed by atoms with van der Waals surface area (Å²) in [7, 11) is 0. The summed E-state index contributed by atoms with van der Waals surface area (Å²) >= 11 is 0. The molecule has 1 fully saturated rings. The van der Waals surface area contributed by atoms with Gasteiger partial charge in [0.15, 0.2) is 0 Å². The van der Waals surface area contributed by atoms with Crippen LogP contribution in [0.4, 0.5) is 5.82 Å². The van der Waals surface area contributed by atoms with E-state index in [9.17, 15) is 9.90 Å². The third-order valence-electron chi connectivity index (χ3n) is 4.26. The number of carboxylic acids is 1. The lowest BCUT2D eigenvalue weighted by molar-refractivity contribution is -0.138. The first-order chi connectivity index (χ1) is 10.2. The zero-order chi connectivity index (χ0) is 14.7. The highest BCUT2D eigenvalue weighted by atomic mass is 16.4. The van der Waals surface area contributed by atoms with Gasteiger partial charge in [0.1, 0.15) is 23.8 Å². The second kappa shape index (κ2) is 6.11. The summed E-state index contributed by atoms with van der Waals surface area (Å²) in [6.07, 6.45) is 9.85. The number of rotatable bonds is 5. The SMILES string of the molecule is O=C(O)[C@@H](CC1CCCCC1)Nc1ncnc2[nH]ccc12. The van der Waals surface area contributed by atoms with E-state index in [4.69, 9.17) is 0 Å². The van der Waals surface area contributed by atoms with Crippen molar-refractivity contribution in [3.63, 3.8) is 0 Å². The molecule has 0 spiro atoms. The Hall–Kier alpha value is -2.11. The van der Waals surface area contributed by atoms with Crippen molar-refractivity contribution >= 4 is 22.8 Å². The van der Waals surface area contributed by atoms with E-state index >= 15 is 0 Å². The van der Waals surface area contributed by atoms with Crippen LogP contribution in [0.1, 0.15) is 38.5 Å². The summed E-state index contributed by atoms with van der Waals surface area (Å²) in [5.74, 6) is 0.267. The van der Waals surface area contributed by atoms with Gasteiger partial charge in [-0.3, -0.25) is 0 Å². The van der Waals surface area contributed by atoms with Gasteiger partial charge in [-0.15, -0.1) is 0 Å². The summed E-state index contributed by atoms with van der Waals surface area (Å²) in [5, 5.41) is 13.4. The number of aliphatic carboxylic acids is 1. The topological polar surface area (TPSA) is 90.9 Å². The van der Waals surface area contributed by atoms with Crippen LogP contribution in [0.5, 0.6) is 0 Å². The van der Waals surface area contributed by atoms with Crippen LogP contribution in [0.25, 0.3) is 11.0 Å². The molecule has 0 unspecified atom stereocenters. The molecule has 2 aromatic heterocycles. The minimum absolute atomic E-state index is 0.496. The molecule has 1 atom stereocenters. The van der Waals surface area contributed by atoms with E-state index in [0.717, 1.165) is 18.2 Å². The first-order valence-corrected chi connectivity index (χ1v) is 7.51. The number of aromatic nitrogens is 3. The van der Waals surface area contributed by atoms with Crippen molar-refractivity contribution in [2.75, 3.05) is 5.32 Å². The number of nitrogens with zero attached hydrogens (tertiary/aromatic N) is 2. The van der Waals surface area contributed by atoms with E-state index in [2.05, 4.69) is 20.3 Å². The van der Waals surface area contributed by atoms with Crippen molar-refractivity contribution in [2.45, 2.75) is 44.6 Å². The molecule has 6 nitrogen and oxygen atoms in total. The summed E-state index contributed by atoms with van der Waals surface area (Å²) in [4.78, 5) is 22.8. The largest absolute Gasteiger partial charge is 0.480 e. The Morgan fingerprint density at radius 1 is 1.38 bits per heavy atom. The van der Waals surface area contributed by atoms with Gasteiger partial charge in [0.05, 0.1) is 5.39 Å². The summed E-state index contributed by atoms with van der Waals surface area (Å²) in [5.41, 5.74) is 0.717. The Morgan fingerprint density at radius 3 is 2.95 bits per heavy atom. The van der Waals surface area contributed by atoms with Crippen molar-refractivity contribution in [1.29, 1.82) is 0 Å². The fourth-order valence-corrected chi connectivity index (χ4v) is 3.13. The van der Waals surface area contributed by atoms with E-state index in [1.165, 1.54) is 25.6 Å². The highest BCUT2D eigenvalue weighted by Crippen LogP contribution is 2.28. The molecule has 112 valence electrons. The van der Waals surface area contributed by atoms with Gasteiger partial charge < -0.3 is 15.4 Å². The maximum atomic E-state index is 11.5. The predicted molar refractivity (Wildman–Crippen MR) is 80.1 cm³/mol. The van der Waals surface area contributed by atoms with Gasteiger partial charge >= 0.3 is 5.97 Å². The number of hydrogen-bond acceptors (Lipinski definition) is 4. The second-order valence-electron chi connectivity index (χ2n) is 5.74. The predicted octanol–water partition coefficient (Wildman–Crippen LogP) is 2.79. The van der Waals surface area contributed by atoms with Crippen molar-refractivity contribution in [2.24, 2.45) is 5.92 Å². The summed E-state index contributed by atoms with van der Waals surface area (Å²) in [6.45, 7) is 0. The van der Waals surface area contributed by atoms with Crippen LogP contribution in [-0.2, 0) is 4.79 Å². The molecule has 0 aromatic carbocycles. The molecule has 1 saturated carbocycles. The molecule has 0 amide bonds. The molecule has 6 heteroatoms. The molecule has 3 rings (SSSR count). The molecule has 0 saturated heterocycles. The maximum absolute atomic E-state index is 11.5. The number of hydrogen-bond donors (Lipinski definition) is 3. The van der Waals surface area contributed by atoms with Crippen molar-refractivity contribution < 1.29 is 9.90 Å². The molecular weight excluding hydrogens is 268 g/mol. The molecular formula is C15H20N4O2. The van der Waals surface area contributed by atoms with E-state index in [1.54, 1.807) is 6.20 Å². The average Bonchev–Trinajstić information content (AvgIpc) is 2.97. The molecule has 3 N–H and O–H groups in total. The average molecular weight is 288 g/mol. The third-order valence-corrected chi connectivity index (χ3v) is 4.26. The first kappa shape index (κ1) is 13.9. The first-order valence-electron chi connectivity index (χ1n) is 7.51. The van der Waals surface area contributed by atoms with Gasteiger partial charge in [-0.05, 0) is 18.4 Å². The zero-order valence-electron chi connectivity index (χ0n) is 11.9. The molecule has 1 aliphatic rings.